The Kier molecular flexibility index (Phi) is 6.28. The van der Waals surface area contributed by atoms with E-state index in [1.165, 1.54) is 24.8 Å². The molecule has 0 amide bonds. The standard InChI is InChI=1S/C16H26O/c1-4-6-7-8-15(13(3)5-2)16(17)12-11-14-9-10-14/h4,6-8,13-14,16-17H,1,5,9-12H2,2-3H3. The average Bonchev–Trinajstić information content (AvgIpc) is 3.15. The maximum absolute atomic E-state index is 10.3. The van der Waals surface area contributed by atoms with Crippen molar-refractivity contribution in [2.45, 2.75) is 52.1 Å². The minimum absolute atomic E-state index is 0.264. The summed E-state index contributed by atoms with van der Waals surface area (Å²) < 4.78 is 0. The molecule has 0 radical (unpaired) electrons. The van der Waals surface area contributed by atoms with Gasteiger partial charge in [0.05, 0.1) is 6.10 Å². The number of hydrogen-bond donors (Lipinski definition) is 1. The summed E-state index contributed by atoms with van der Waals surface area (Å²) in [5.74, 6) is 1.35. The van der Waals surface area contributed by atoms with Gasteiger partial charge >= 0.3 is 0 Å². The van der Waals surface area contributed by atoms with Gasteiger partial charge in [-0.2, -0.15) is 0 Å². The van der Waals surface area contributed by atoms with E-state index in [1.54, 1.807) is 6.08 Å². The van der Waals surface area contributed by atoms with E-state index in [-0.39, 0.29) is 6.10 Å². The van der Waals surface area contributed by atoms with E-state index in [0.29, 0.717) is 5.92 Å². The Morgan fingerprint density at radius 2 is 2.12 bits per heavy atom. The van der Waals surface area contributed by atoms with Crippen molar-refractivity contribution >= 4 is 0 Å². The molecule has 1 aliphatic carbocycles. The molecule has 1 N–H and O–H groups in total. The fourth-order valence-electron chi connectivity index (χ4n) is 2.05. The highest BCUT2D eigenvalue weighted by atomic mass is 16.3. The van der Waals surface area contributed by atoms with Crippen LogP contribution in [0.5, 0.6) is 0 Å². The van der Waals surface area contributed by atoms with Crippen molar-refractivity contribution in [2.75, 3.05) is 0 Å². The van der Waals surface area contributed by atoms with Crippen LogP contribution in [0.25, 0.3) is 0 Å². The van der Waals surface area contributed by atoms with Crippen molar-refractivity contribution in [3.05, 3.63) is 36.5 Å². The molecule has 0 aromatic rings. The largest absolute Gasteiger partial charge is 0.389 e. The molecule has 0 aromatic heterocycles. The molecule has 96 valence electrons. The van der Waals surface area contributed by atoms with Crippen molar-refractivity contribution in [2.24, 2.45) is 11.8 Å². The predicted molar refractivity (Wildman–Crippen MR) is 74.8 cm³/mol. The lowest BCUT2D eigenvalue weighted by atomic mass is 9.90. The van der Waals surface area contributed by atoms with Crippen molar-refractivity contribution < 1.29 is 5.11 Å². The lowest BCUT2D eigenvalue weighted by molar-refractivity contribution is 0.182. The molecule has 0 spiro atoms. The first-order chi connectivity index (χ1) is 8.19. The summed E-state index contributed by atoms with van der Waals surface area (Å²) in [6.45, 7) is 8.02. The van der Waals surface area contributed by atoms with Gasteiger partial charge in [0.1, 0.15) is 0 Å². The van der Waals surface area contributed by atoms with Gasteiger partial charge in [0.25, 0.3) is 0 Å². The molecule has 1 rings (SSSR count). The third-order valence-electron chi connectivity index (χ3n) is 3.65. The predicted octanol–water partition coefficient (Wildman–Crippen LogP) is 4.25. The topological polar surface area (TPSA) is 20.2 Å². The van der Waals surface area contributed by atoms with Gasteiger partial charge in [0, 0.05) is 0 Å². The van der Waals surface area contributed by atoms with Gasteiger partial charge in [-0.15, -0.1) is 0 Å². The summed E-state index contributed by atoms with van der Waals surface area (Å²) in [6, 6.07) is 0. The number of aliphatic hydroxyl groups excluding tert-OH is 1. The van der Waals surface area contributed by atoms with Crippen molar-refractivity contribution in [3.63, 3.8) is 0 Å². The molecule has 1 aliphatic rings. The van der Waals surface area contributed by atoms with Crippen molar-refractivity contribution in [1.29, 1.82) is 0 Å². The third kappa shape index (κ3) is 5.36. The highest BCUT2D eigenvalue weighted by molar-refractivity contribution is 5.20. The summed E-state index contributed by atoms with van der Waals surface area (Å²) in [5.41, 5.74) is 1.17. The fraction of sp³-hybridized carbons (Fsp3) is 0.625. The van der Waals surface area contributed by atoms with Gasteiger partial charge in [0.2, 0.25) is 0 Å². The van der Waals surface area contributed by atoms with Crippen LogP contribution >= 0.6 is 0 Å². The van der Waals surface area contributed by atoms with Crippen LogP contribution in [0.1, 0.15) is 46.0 Å². The first-order valence-corrected chi connectivity index (χ1v) is 6.86. The van der Waals surface area contributed by atoms with Crippen molar-refractivity contribution in [3.8, 4) is 0 Å². The second-order valence-electron chi connectivity index (χ2n) is 5.13. The van der Waals surface area contributed by atoms with Crippen LogP contribution in [0.3, 0.4) is 0 Å². The Bertz CT molecular complexity index is 284. The fourth-order valence-corrected chi connectivity index (χ4v) is 2.05. The summed E-state index contributed by atoms with van der Waals surface area (Å²) in [5, 5.41) is 10.3. The number of rotatable bonds is 8. The van der Waals surface area contributed by atoms with Crippen LogP contribution in [0.2, 0.25) is 0 Å². The second-order valence-corrected chi connectivity index (χ2v) is 5.13. The minimum Gasteiger partial charge on any atom is -0.389 e. The number of hydrogen-bond acceptors (Lipinski definition) is 1. The monoisotopic (exact) mass is 234 g/mol. The first-order valence-electron chi connectivity index (χ1n) is 6.86. The molecule has 0 bridgehead atoms. The van der Waals surface area contributed by atoms with Crippen LogP contribution in [0.4, 0.5) is 0 Å². The van der Waals surface area contributed by atoms with Crippen LogP contribution in [-0.2, 0) is 0 Å². The quantitative estimate of drug-likeness (QED) is 0.622. The van der Waals surface area contributed by atoms with E-state index in [9.17, 15) is 5.11 Å². The number of aliphatic hydroxyl groups is 1. The van der Waals surface area contributed by atoms with Gasteiger partial charge < -0.3 is 5.11 Å². The van der Waals surface area contributed by atoms with Gasteiger partial charge in [-0.1, -0.05) is 57.6 Å². The maximum Gasteiger partial charge on any atom is 0.0755 e. The molecule has 0 aliphatic heterocycles. The van der Waals surface area contributed by atoms with Gasteiger partial charge in [0.15, 0.2) is 0 Å². The Balaban J connectivity index is 2.55. The Morgan fingerprint density at radius 3 is 2.65 bits per heavy atom. The van der Waals surface area contributed by atoms with E-state index in [2.05, 4.69) is 26.5 Å². The van der Waals surface area contributed by atoms with Gasteiger partial charge in [-0.25, -0.2) is 0 Å². The molecule has 0 saturated heterocycles. The van der Waals surface area contributed by atoms with Crippen LogP contribution in [0.15, 0.2) is 36.5 Å². The minimum atomic E-state index is -0.264. The highest BCUT2D eigenvalue weighted by Gasteiger charge is 2.23. The molecule has 1 saturated carbocycles. The molecule has 1 fully saturated rings. The molecule has 0 aromatic carbocycles. The number of allylic oxidation sites excluding steroid dienone is 4. The molecule has 1 nitrogen and oxygen atoms in total. The van der Waals surface area contributed by atoms with Gasteiger partial charge in [-0.3, -0.25) is 0 Å². The van der Waals surface area contributed by atoms with Crippen LogP contribution in [-0.4, -0.2) is 11.2 Å². The summed E-state index contributed by atoms with van der Waals surface area (Å²) in [4.78, 5) is 0. The zero-order chi connectivity index (χ0) is 12.7. The molecular weight excluding hydrogens is 208 g/mol. The summed E-state index contributed by atoms with van der Waals surface area (Å²) >= 11 is 0. The summed E-state index contributed by atoms with van der Waals surface area (Å²) in [6.07, 6.45) is 13.4. The molecule has 1 heteroatoms. The lowest BCUT2D eigenvalue weighted by Crippen LogP contribution is -2.16. The Hall–Kier alpha value is -0.820. The zero-order valence-electron chi connectivity index (χ0n) is 11.2. The molecule has 17 heavy (non-hydrogen) atoms. The van der Waals surface area contributed by atoms with E-state index in [0.717, 1.165) is 18.8 Å². The van der Waals surface area contributed by atoms with Crippen LogP contribution in [0, 0.1) is 11.8 Å². The van der Waals surface area contributed by atoms with E-state index >= 15 is 0 Å². The normalized spacial score (nSPS) is 20.5. The van der Waals surface area contributed by atoms with E-state index in [1.807, 2.05) is 12.2 Å². The molecule has 0 heterocycles. The first kappa shape index (κ1) is 14.2. The second kappa shape index (κ2) is 7.50. The van der Waals surface area contributed by atoms with Crippen LogP contribution < -0.4 is 0 Å². The molecule has 2 unspecified atom stereocenters. The lowest BCUT2D eigenvalue weighted by Gasteiger charge is -2.20. The Morgan fingerprint density at radius 1 is 1.41 bits per heavy atom. The molecular formula is C16H26O. The maximum atomic E-state index is 10.3. The smallest absolute Gasteiger partial charge is 0.0755 e. The summed E-state index contributed by atoms with van der Waals surface area (Å²) in [7, 11) is 0. The third-order valence-corrected chi connectivity index (χ3v) is 3.65. The average molecular weight is 234 g/mol. The highest BCUT2D eigenvalue weighted by Crippen LogP contribution is 2.35. The molecule has 2 atom stereocenters. The van der Waals surface area contributed by atoms with E-state index < -0.39 is 0 Å². The SMILES string of the molecule is C=CC=CC=C(C(C)CC)C(O)CCC1CC1. The Labute approximate surface area is 106 Å². The van der Waals surface area contributed by atoms with Gasteiger partial charge in [-0.05, 0) is 36.7 Å². The van der Waals surface area contributed by atoms with Crippen molar-refractivity contribution in [1.82, 2.24) is 0 Å². The zero-order valence-corrected chi connectivity index (χ0v) is 11.2. The van der Waals surface area contributed by atoms with E-state index in [4.69, 9.17) is 0 Å².